The fourth-order valence-electron chi connectivity index (χ4n) is 12.1. The molecule has 1 aliphatic rings. The van der Waals surface area contributed by atoms with Crippen LogP contribution in [0.1, 0.15) is 22.3 Å². The highest BCUT2D eigenvalue weighted by atomic mass is 16.3. The summed E-state index contributed by atoms with van der Waals surface area (Å²) in [4.78, 5) is 0. The van der Waals surface area contributed by atoms with Crippen LogP contribution in [0.5, 0.6) is 0 Å². The molecule has 0 atom stereocenters. The first-order valence-electron chi connectivity index (χ1n) is 23.8. The van der Waals surface area contributed by atoms with E-state index in [-0.39, 0.29) is 0 Å². The summed E-state index contributed by atoms with van der Waals surface area (Å²) in [5, 5.41) is 11.9. The van der Waals surface area contributed by atoms with Gasteiger partial charge in [-0.25, -0.2) is 0 Å². The van der Waals surface area contributed by atoms with Crippen LogP contribution in [0.4, 0.5) is 0 Å². The quantitative estimate of drug-likeness (QED) is 0.161. The second-order valence-electron chi connectivity index (χ2n) is 18.7. The first-order chi connectivity index (χ1) is 34.2. The first kappa shape index (κ1) is 38.2. The van der Waals surface area contributed by atoms with Crippen molar-refractivity contribution < 1.29 is 8.83 Å². The van der Waals surface area contributed by atoms with E-state index in [0.717, 1.165) is 60.6 Å². The summed E-state index contributed by atoms with van der Waals surface area (Å²) in [6.07, 6.45) is 0. The number of rotatable bonds is 5. The van der Waals surface area contributed by atoms with E-state index < -0.39 is 5.41 Å². The Balaban J connectivity index is 0.810. The molecule has 0 unspecified atom stereocenters. The van der Waals surface area contributed by atoms with Crippen LogP contribution in [-0.2, 0) is 5.41 Å². The maximum Gasteiger partial charge on any atom is 0.136 e. The fourth-order valence-corrected chi connectivity index (χ4v) is 12.1. The van der Waals surface area contributed by atoms with Gasteiger partial charge in [-0.2, -0.15) is 0 Å². The van der Waals surface area contributed by atoms with Crippen molar-refractivity contribution in [3.63, 3.8) is 0 Å². The highest BCUT2D eigenvalue weighted by Crippen LogP contribution is 2.58. The second kappa shape index (κ2) is 14.5. The standard InChI is InChI=1S/C67H40O2/c1-3-14-46(15-4-1)67(47-16-5-2-6-17-47)60-24-12-11-22-54(60)66-48(23-13-25-61(66)67)45-32-35-63-57(38-45)59-40-64-58(39-65(59)69-63)56-37-44(31-34-62(56)68-64)42-28-26-41(27-29-42)43-30-33-53-51-20-8-7-18-49(51)50-19-9-10-21-52(50)55(53)36-43/h1-40H. The van der Waals surface area contributed by atoms with Crippen molar-refractivity contribution in [2.45, 2.75) is 5.41 Å². The third-order valence-corrected chi connectivity index (χ3v) is 15.2. The summed E-state index contributed by atoms with van der Waals surface area (Å²) in [5.41, 5.74) is 17.7. The largest absolute Gasteiger partial charge is 0.456 e. The smallest absolute Gasteiger partial charge is 0.136 e. The lowest BCUT2D eigenvalue weighted by molar-refractivity contribution is 0.664. The van der Waals surface area contributed by atoms with Gasteiger partial charge in [0, 0.05) is 21.5 Å². The minimum atomic E-state index is -0.461. The van der Waals surface area contributed by atoms with Crippen LogP contribution >= 0.6 is 0 Å². The van der Waals surface area contributed by atoms with Gasteiger partial charge < -0.3 is 8.83 Å². The van der Waals surface area contributed by atoms with Gasteiger partial charge in [-0.1, -0.05) is 200 Å². The van der Waals surface area contributed by atoms with E-state index in [1.807, 2.05) is 0 Å². The van der Waals surface area contributed by atoms with E-state index >= 15 is 0 Å². The van der Waals surface area contributed by atoms with Crippen molar-refractivity contribution >= 4 is 76.2 Å². The predicted octanol–water partition coefficient (Wildman–Crippen LogP) is 18.3. The van der Waals surface area contributed by atoms with Gasteiger partial charge in [-0.3, -0.25) is 0 Å². The molecule has 1 aliphatic carbocycles. The van der Waals surface area contributed by atoms with Crippen LogP contribution in [0, 0.1) is 0 Å². The molecule has 2 heterocycles. The Morgan fingerprint density at radius 3 is 1.23 bits per heavy atom. The van der Waals surface area contributed by atoms with E-state index in [2.05, 4.69) is 243 Å². The van der Waals surface area contributed by atoms with Gasteiger partial charge in [0.25, 0.3) is 0 Å². The van der Waals surface area contributed by atoms with Gasteiger partial charge in [-0.15, -0.1) is 0 Å². The van der Waals surface area contributed by atoms with E-state index in [1.165, 1.54) is 82.4 Å². The highest BCUT2D eigenvalue weighted by Gasteiger charge is 2.46. The van der Waals surface area contributed by atoms with Crippen LogP contribution < -0.4 is 0 Å². The number of hydrogen-bond donors (Lipinski definition) is 0. The molecule has 320 valence electrons. The van der Waals surface area contributed by atoms with Gasteiger partial charge in [0.2, 0.25) is 0 Å². The molecule has 0 bridgehead atoms. The summed E-state index contributed by atoms with van der Waals surface area (Å²) in [6, 6.07) is 88.7. The Kier molecular flexibility index (Phi) is 8.02. The van der Waals surface area contributed by atoms with Crippen molar-refractivity contribution in [3.05, 3.63) is 265 Å². The molecule has 15 rings (SSSR count). The maximum absolute atomic E-state index is 6.67. The number of furan rings is 2. The van der Waals surface area contributed by atoms with E-state index in [4.69, 9.17) is 8.83 Å². The van der Waals surface area contributed by atoms with Crippen molar-refractivity contribution in [2.75, 3.05) is 0 Å². The average Bonchev–Trinajstić information content (AvgIpc) is 4.07. The summed E-state index contributed by atoms with van der Waals surface area (Å²) < 4.78 is 13.3. The molecule has 0 amide bonds. The highest BCUT2D eigenvalue weighted by molar-refractivity contribution is 6.26. The normalized spacial score (nSPS) is 13.0. The minimum absolute atomic E-state index is 0.461. The summed E-state index contributed by atoms with van der Waals surface area (Å²) in [7, 11) is 0. The van der Waals surface area contributed by atoms with Crippen molar-refractivity contribution in [3.8, 4) is 44.5 Å². The van der Waals surface area contributed by atoms with Crippen LogP contribution in [0.15, 0.2) is 251 Å². The van der Waals surface area contributed by atoms with Crippen LogP contribution in [0.3, 0.4) is 0 Å². The molecular weight excluding hydrogens is 837 g/mol. The molecule has 2 nitrogen and oxygen atoms in total. The molecule has 69 heavy (non-hydrogen) atoms. The van der Waals surface area contributed by atoms with Crippen LogP contribution in [0.25, 0.3) is 121 Å². The zero-order valence-corrected chi connectivity index (χ0v) is 37.4. The number of benzene rings is 12. The van der Waals surface area contributed by atoms with E-state index in [9.17, 15) is 0 Å². The molecule has 12 aromatic carbocycles. The SMILES string of the molecule is c1ccc(C2(c3ccccc3)c3ccccc3-c3c(-c4ccc5oc6cc7c(cc6c5c4)oc4ccc(-c5ccc(-c6ccc8c9ccccc9c9ccccc9c8c6)cc5)cc47)cccc32)cc1. The monoisotopic (exact) mass is 876 g/mol. The van der Waals surface area contributed by atoms with Gasteiger partial charge in [0.05, 0.1) is 5.41 Å². The molecule has 0 fully saturated rings. The van der Waals surface area contributed by atoms with E-state index in [0.29, 0.717) is 0 Å². The number of fused-ring (bicyclic) bond motifs is 15. The van der Waals surface area contributed by atoms with E-state index in [1.54, 1.807) is 0 Å². The lowest BCUT2D eigenvalue weighted by Crippen LogP contribution is -2.28. The first-order valence-corrected chi connectivity index (χ1v) is 23.8. The molecule has 0 saturated carbocycles. The molecule has 2 heteroatoms. The molecule has 0 saturated heterocycles. The Hall–Kier alpha value is -8.98. The molecule has 14 aromatic rings. The van der Waals surface area contributed by atoms with Crippen LogP contribution in [-0.4, -0.2) is 0 Å². The Labute approximate surface area is 397 Å². The summed E-state index contributed by atoms with van der Waals surface area (Å²) in [5.74, 6) is 0. The van der Waals surface area contributed by atoms with Gasteiger partial charge in [0.15, 0.2) is 0 Å². The lowest BCUT2D eigenvalue weighted by atomic mass is 9.67. The maximum atomic E-state index is 6.67. The zero-order chi connectivity index (χ0) is 45.2. The molecule has 0 aliphatic heterocycles. The Bertz CT molecular complexity index is 4330. The Morgan fingerprint density at radius 2 is 0.638 bits per heavy atom. The van der Waals surface area contributed by atoms with Gasteiger partial charge >= 0.3 is 0 Å². The molecule has 2 aromatic heterocycles. The minimum Gasteiger partial charge on any atom is -0.456 e. The third-order valence-electron chi connectivity index (χ3n) is 15.2. The van der Waals surface area contributed by atoms with Crippen molar-refractivity contribution in [2.24, 2.45) is 0 Å². The third kappa shape index (κ3) is 5.49. The molecule has 0 spiro atoms. The lowest BCUT2D eigenvalue weighted by Gasteiger charge is -2.34. The summed E-state index contributed by atoms with van der Waals surface area (Å²) >= 11 is 0. The number of hydrogen-bond acceptors (Lipinski definition) is 2. The van der Waals surface area contributed by atoms with Crippen molar-refractivity contribution in [1.29, 1.82) is 0 Å². The van der Waals surface area contributed by atoms with Gasteiger partial charge in [0.1, 0.15) is 22.3 Å². The fraction of sp³-hybridized carbons (Fsp3) is 0.0149. The average molecular weight is 877 g/mol. The molecule has 0 N–H and O–H groups in total. The van der Waals surface area contributed by atoms with Crippen molar-refractivity contribution in [1.82, 2.24) is 0 Å². The van der Waals surface area contributed by atoms with Gasteiger partial charge in [-0.05, 0) is 142 Å². The van der Waals surface area contributed by atoms with Crippen LogP contribution in [0.2, 0.25) is 0 Å². The molecule has 0 radical (unpaired) electrons. The zero-order valence-electron chi connectivity index (χ0n) is 37.4. The Morgan fingerprint density at radius 1 is 0.232 bits per heavy atom. The topological polar surface area (TPSA) is 26.3 Å². The predicted molar refractivity (Wildman–Crippen MR) is 287 cm³/mol. The molecular formula is C67H40O2. The summed E-state index contributed by atoms with van der Waals surface area (Å²) in [6.45, 7) is 0. The second-order valence-corrected chi connectivity index (χ2v) is 18.7.